The molecule has 1 aromatic carbocycles. The SMILES string of the molecule is CNC(Cc1cc(Cl)ccc1F)C1CCCc2sccc21. The Hall–Kier alpha value is -0.900. The molecular weight excluding hydrogens is 305 g/mol. The molecule has 0 saturated heterocycles. The van der Waals surface area contributed by atoms with Crippen LogP contribution in [0, 0.1) is 5.82 Å². The summed E-state index contributed by atoms with van der Waals surface area (Å²) in [7, 11) is 1.97. The zero-order valence-electron chi connectivity index (χ0n) is 12.0. The maximum atomic E-state index is 14.0. The molecule has 0 amide bonds. The van der Waals surface area contributed by atoms with Gasteiger partial charge in [-0.2, -0.15) is 0 Å². The fraction of sp³-hybridized carbons (Fsp3) is 0.412. The molecule has 1 nitrogen and oxygen atoms in total. The molecule has 4 heteroatoms. The van der Waals surface area contributed by atoms with Crippen molar-refractivity contribution in [2.24, 2.45) is 0 Å². The Labute approximate surface area is 134 Å². The van der Waals surface area contributed by atoms with E-state index in [2.05, 4.69) is 16.8 Å². The zero-order chi connectivity index (χ0) is 14.8. The lowest BCUT2D eigenvalue weighted by Gasteiger charge is -2.31. The highest BCUT2D eigenvalue weighted by atomic mass is 35.5. The van der Waals surface area contributed by atoms with E-state index in [4.69, 9.17) is 11.6 Å². The normalized spacial score (nSPS) is 19.3. The van der Waals surface area contributed by atoms with Gasteiger partial charge in [0.05, 0.1) is 0 Å². The van der Waals surface area contributed by atoms with E-state index >= 15 is 0 Å². The molecule has 1 heterocycles. The van der Waals surface area contributed by atoms with E-state index in [0.717, 1.165) is 6.42 Å². The van der Waals surface area contributed by atoms with Gasteiger partial charge in [0.1, 0.15) is 5.82 Å². The Kier molecular flexibility index (Phi) is 4.63. The topological polar surface area (TPSA) is 12.0 Å². The Bertz CT molecular complexity index is 625. The van der Waals surface area contributed by atoms with Crippen LogP contribution in [0.25, 0.3) is 0 Å². The Morgan fingerprint density at radius 3 is 3.10 bits per heavy atom. The number of aryl methyl sites for hydroxylation is 1. The maximum absolute atomic E-state index is 14.0. The van der Waals surface area contributed by atoms with E-state index in [1.807, 2.05) is 18.4 Å². The van der Waals surface area contributed by atoms with Gasteiger partial charge in [0.15, 0.2) is 0 Å². The average molecular weight is 324 g/mol. The summed E-state index contributed by atoms with van der Waals surface area (Å²) in [5, 5.41) is 6.17. The van der Waals surface area contributed by atoms with Gasteiger partial charge in [-0.15, -0.1) is 11.3 Å². The monoisotopic (exact) mass is 323 g/mol. The number of hydrogen-bond acceptors (Lipinski definition) is 2. The van der Waals surface area contributed by atoms with Gasteiger partial charge in [-0.1, -0.05) is 11.6 Å². The van der Waals surface area contributed by atoms with Crippen molar-refractivity contribution in [3.8, 4) is 0 Å². The standard InChI is InChI=1S/C17H19ClFNS/c1-20-16(10-11-9-12(18)5-6-15(11)19)13-3-2-4-17-14(13)7-8-21-17/h5-9,13,16,20H,2-4,10H2,1H3. The minimum atomic E-state index is -0.166. The van der Waals surface area contributed by atoms with Crippen molar-refractivity contribution in [2.75, 3.05) is 7.05 Å². The predicted octanol–water partition coefficient (Wildman–Crippen LogP) is 4.79. The first kappa shape index (κ1) is 15.0. The second-order valence-electron chi connectivity index (χ2n) is 5.63. The second-order valence-corrected chi connectivity index (χ2v) is 7.07. The van der Waals surface area contributed by atoms with Crippen molar-refractivity contribution in [3.05, 3.63) is 56.5 Å². The lowest BCUT2D eigenvalue weighted by atomic mass is 9.80. The van der Waals surface area contributed by atoms with Crippen LogP contribution in [-0.2, 0) is 12.8 Å². The van der Waals surface area contributed by atoms with Crippen LogP contribution in [0.3, 0.4) is 0 Å². The lowest BCUT2D eigenvalue weighted by Crippen LogP contribution is -2.35. The first-order chi connectivity index (χ1) is 10.2. The van der Waals surface area contributed by atoms with Gasteiger partial charge in [-0.25, -0.2) is 4.39 Å². The fourth-order valence-corrected chi connectivity index (χ4v) is 4.51. The van der Waals surface area contributed by atoms with Crippen LogP contribution in [0.2, 0.25) is 5.02 Å². The van der Waals surface area contributed by atoms with Crippen LogP contribution in [0.1, 0.15) is 34.8 Å². The number of rotatable bonds is 4. The highest BCUT2D eigenvalue weighted by Gasteiger charge is 2.28. The van der Waals surface area contributed by atoms with Crippen LogP contribution in [0.4, 0.5) is 4.39 Å². The number of thiophene rings is 1. The van der Waals surface area contributed by atoms with Gasteiger partial charge in [-0.05, 0) is 73.5 Å². The van der Waals surface area contributed by atoms with Crippen molar-refractivity contribution >= 4 is 22.9 Å². The molecule has 1 N–H and O–H groups in total. The van der Waals surface area contributed by atoms with Crippen molar-refractivity contribution in [3.63, 3.8) is 0 Å². The molecule has 0 bridgehead atoms. The fourth-order valence-electron chi connectivity index (χ4n) is 3.32. The van der Waals surface area contributed by atoms with Crippen molar-refractivity contribution in [1.82, 2.24) is 5.32 Å². The predicted molar refractivity (Wildman–Crippen MR) is 88.0 cm³/mol. The van der Waals surface area contributed by atoms with E-state index in [-0.39, 0.29) is 11.9 Å². The molecule has 2 aromatic rings. The highest BCUT2D eigenvalue weighted by Crippen LogP contribution is 2.38. The summed E-state index contributed by atoms with van der Waals surface area (Å²) in [6.45, 7) is 0. The van der Waals surface area contributed by atoms with Crippen LogP contribution >= 0.6 is 22.9 Å². The van der Waals surface area contributed by atoms with Gasteiger partial charge in [0.25, 0.3) is 0 Å². The smallest absolute Gasteiger partial charge is 0.126 e. The summed E-state index contributed by atoms with van der Waals surface area (Å²) in [5.74, 6) is 0.296. The van der Waals surface area contributed by atoms with E-state index < -0.39 is 0 Å². The van der Waals surface area contributed by atoms with Crippen molar-refractivity contribution in [1.29, 1.82) is 0 Å². The van der Waals surface area contributed by atoms with Crippen molar-refractivity contribution in [2.45, 2.75) is 37.6 Å². The summed E-state index contributed by atoms with van der Waals surface area (Å²) in [6.07, 6.45) is 4.24. The average Bonchev–Trinajstić information content (AvgIpc) is 2.96. The molecule has 21 heavy (non-hydrogen) atoms. The number of fused-ring (bicyclic) bond motifs is 1. The first-order valence-corrected chi connectivity index (χ1v) is 8.62. The third-order valence-electron chi connectivity index (χ3n) is 4.40. The summed E-state index contributed by atoms with van der Waals surface area (Å²) in [5.41, 5.74) is 2.15. The number of halogens is 2. The summed E-state index contributed by atoms with van der Waals surface area (Å²) >= 11 is 7.85. The molecule has 2 atom stereocenters. The molecule has 3 rings (SSSR count). The van der Waals surface area contributed by atoms with Crippen LogP contribution in [0.15, 0.2) is 29.6 Å². The van der Waals surface area contributed by atoms with E-state index in [9.17, 15) is 4.39 Å². The Morgan fingerprint density at radius 2 is 2.29 bits per heavy atom. The molecule has 1 aliphatic rings. The zero-order valence-corrected chi connectivity index (χ0v) is 13.6. The van der Waals surface area contributed by atoms with E-state index in [1.165, 1.54) is 29.3 Å². The van der Waals surface area contributed by atoms with Gasteiger partial charge >= 0.3 is 0 Å². The van der Waals surface area contributed by atoms with E-state index in [0.29, 0.717) is 22.9 Å². The molecular formula is C17H19ClFNS. The molecule has 1 aromatic heterocycles. The molecule has 112 valence electrons. The maximum Gasteiger partial charge on any atom is 0.126 e. The largest absolute Gasteiger partial charge is 0.316 e. The third-order valence-corrected chi connectivity index (χ3v) is 5.63. The number of hydrogen-bond donors (Lipinski definition) is 1. The molecule has 0 radical (unpaired) electrons. The molecule has 0 spiro atoms. The van der Waals surface area contributed by atoms with Gasteiger partial charge in [-0.3, -0.25) is 0 Å². The molecule has 0 aliphatic heterocycles. The van der Waals surface area contributed by atoms with Crippen LogP contribution < -0.4 is 5.32 Å². The number of benzene rings is 1. The lowest BCUT2D eigenvalue weighted by molar-refractivity contribution is 0.409. The first-order valence-electron chi connectivity index (χ1n) is 7.36. The second kappa shape index (κ2) is 6.47. The molecule has 0 fully saturated rings. The van der Waals surface area contributed by atoms with Gasteiger partial charge in [0.2, 0.25) is 0 Å². The summed E-state index contributed by atoms with van der Waals surface area (Å²) in [6, 6.07) is 7.29. The molecule has 0 saturated carbocycles. The van der Waals surface area contributed by atoms with Crippen LogP contribution in [-0.4, -0.2) is 13.1 Å². The summed E-state index contributed by atoms with van der Waals surface area (Å²) < 4.78 is 14.0. The minimum Gasteiger partial charge on any atom is -0.316 e. The number of nitrogens with one attached hydrogen (secondary N) is 1. The molecule has 2 unspecified atom stereocenters. The Balaban J connectivity index is 1.85. The van der Waals surface area contributed by atoms with Crippen LogP contribution in [0.5, 0.6) is 0 Å². The minimum absolute atomic E-state index is 0.166. The quantitative estimate of drug-likeness (QED) is 0.853. The van der Waals surface area contributed by atoms with Crippen molar-refractivity contribution < 1.29 is 4.39 Å². The number of likely N-dealkylation sites (N-methyl/N-ethyl adjacent to an activating group) is 1. The van der Waals surface area contributed by atoms with E-state index in [1.54, 1.807) is 12.1 Å². The molecule has 1 aliphatic carbocycles. The van der Waals surface area contributed by atoms with Gasteiger partial charge in [0, 0.05) is 21.9 Å². The highest BCUT2D eigenvalue weighted by molar-refractivity contribution is 7.10. The Morgan fingerprint density at radius 1 is 1.43 bits per heavy atom. The third kappa shape index (κ3) is 3.15. The summed E-state index contributed by atoms with van der Waals surface area (Å²) in [4.78, 5) is 1.50. The van der Waals surface area contributed by atoms with Gasteiger partial charge < -0.3 is 5.32 Å².